The maximum Gasteiger partial charge on any atom is 0.236 e. The Bertz CT molecular complexity index is 1010. The molecule has 2 heterocycles. The molecule has 7 nitrogen and oxygen atoms in total. The predicted octanol–water partition coefficient (Wildman–Crippen LogP) is 4.36. The highest BCUT2D eigenvalue weighted by Gasteiger charge is 2.12. The van der Waals surface area contributed by atoms with E-state index in [1.807, 2.05) is 31.4 Å². The summed E-state index contributed by atoms with van der Waals surface area (Å²) in [5.74, 6) is 1.75. The van der Waals surface area contributed by atoms with Crippen LogP contribution in [0.1, 0.15) is 35.9 Å². The molecule has 3 rings (SSSR count). The number of thioether (sulfide) groups is 1. The number of hydrogen-bond acceptors (Lipinski definition) is 7. The van der Waals surface area contributed by atoms with Crippen LogP contribution in [0.25, 0.3) is 11.3 Å². The fourth-order valence-electron chi connectivity index (χ4n) is 2.97. The number of carbonyl (C=O) groups excluding carboxylic acids is 2. The number of thiazole rings is 1. The van der Waals surface area contributed by atoms with Gasteiger partial charge in [0.25, 0.3) is 0 Å². The van der Waals surface area contributed by atoms with Gasteiger partial charge in [0.1, 0.15) is 5.76 Å². The van der Waals surface area contributed by atoms with E-state index in [4.69, 9.17) is 4.52 Å². The standard InChI is InChI=1S/C22H26N4O3S2/c1-14-19(15(2)29-26-14)11-30-13-21(28)25-22-24-20(12-31-22)18-8-6-17(7-9-18)5-4-10-23-16(3)27/h6-9,12H,4-5,10-11,13H2,1-3H3,(H,23,27)(H,24,25,28). The summed E-state index contributed by atoms with van der Waals surface area (Å²) in [6.45, 7) is 5.99. The van der Waals surface area contributed by atoms with E-state index < -0.39 is 0 Å². The van der Waals surface area contributed by atoms with Crippen LogP contribution in [-0.4, -0.2) is 34.3 Å². The van der Waals surface area contributed by atoms with Gasteiger partial charge in [-0.3, -0.25) is 9.59 Å². The molecule has 1 aromatic carbocycles. The van der Waals surface area contributed by atoms with Gasteiger partial charge in [0, 0.05) is 35.7 Å². The Balaban J connectivity index is 1.46. The Morgan fingerprint density at radius 1 is 1.19 bits per heavy atom. The van der Waals surface area contributed by atoms with Crippen LogP contribution >= 0.6 is 23.1 Å². The number of nitrogens with one attached hydrogen (secondary N) is 2. The number of anilines is 1. The fourth-order valence-corrected chi connectivity index (χ4v) is 4.68. The van der Waals surface area contributed by atoms with Crippen LogP contribution in [0.2, 0.25) is 0 Å². The van der Waals surface area contributed by atoms with Gasteiger partial charge in [-0.25, -0.2) is 4.98 Å². The average molecular weight is 459 g/mol. The Morgan fingerprint density at radius 3 is 2.65 bits per heavy atom. The lowest BCUT2D eigenvalue weighted by atomic mass is 10.1. The van der Waals surface area contributed by atoms with Crippen molar-refractivity contribution in [2.75, 3.05) is 17.6 Å². The van der Waals surface area contributed by atoms with Crippen LogP contribution in [0.15, 0.2) is 34.2 Å². The first-order valence-corrected chi connectivity index (χ1v) is 12.0. The number of benzene rings is 1. The number of aromatic nitrogens is 2. The Kier molecular flexibility index (Phi) is 8.25. The molecule has 2 aromatic heterocycles. The summed E-state index contributed by atoms with van der Waals surface area (Å²) >= 11 is 2.94. The number of aryl methyl sites for hydroxylation is 3. The average Bonchev–Trinajstić information content (AvgIpc) is 3.33. The van der Waals surface area contributed by atoms with Crippen molar-refractivity contribution in [2.45, 2.75) is 39.4 Å². The van der Waals surface area contributed by atoms with Crippen LogP contribution < -0.4 is 10.6 Å². The van der Waals surface area contributed by atoms with E-state index in [0.29, 0.717) is 23.2 Å². The summed E-state index contributed by atoms with van der Waals surface area (Å²) < 4.78 is 5.15. The first kappa shape index (κ1) is 23.0. The SMILES string of the molecule is CC(=O)NCCCc1ccc(-c2csc(NC(=O)CSCc3c(C)noc3C)n2)cc1. The van der Waals surface area contributed by atoms with Gasteiger partial charge in [0.05, 0.1) is 17.1 Å². The van der Waals surface area contributed by atoms with Crippen molar-refractivity contribution in [3.05, 3.63) is 52.2 Å². The molecule has 0 aliphatic carbocycles. The first-order valence-electron chi connectivity index (χ1n) is 10.0. The molecular weight excluding hydrogens is 432 g/mol. The van der Waals surface area contributed by atoms with Gasteiger partial charge >= 0.3 is 0 Å². The molecular formula is C22H26N4O3S2. The third-order valence-electron chi connectivity index (χ3n) is 4.68. The zero-order chi connectivity index (χ0) is 22.2. The highest BCUT2D eigenvalue weighted by atomic mass is 32.2. The zero-order valence-electron chi connectivity index (χ0n) is 17.9. The van der Waals surface area contributed by atoms with E-state index in [1.54, 1.807) is 0 Å². The Morgan fingerprint density at radius 2 is 1.97 bits per heavy atom. The normalized spacial score (nSPS) is 10.8. The minimum atomic E-state index is -0.0767. The number of nitrogens with zero attached hydrogens (tertiary/aromatic N) is 2. The summed E-state index contributed by atoms with van der Waals surface area (Å²) in [4.78, 5) is 27.7. The third-order valence-corrected chi connectivity index (χ3v) is 6.39. The van der Waals surface area contributed by atoms with E-state index in [2.05, 4.69) is 32.9 Å². The van der Waals surface area contributed by atoms with Crippen LogP contribution in [0, 0.1) is 13.8 Å². The van der Waals surface area contributed by atoms with Crippen LogP contribution in [-0.2, 0) is 21.8 Å². The lowest BCUT2D eigenvalue weighted by molar-refractivity contribution is -0.119. The Labute approximate surface area is 190 Å². The van der Waals surface area contributed by atoms with Gasteiger partial charge in [-0.05, 0) is 32.3 Å². The molecule has 0 spiro atoms. The highest BCUT2D eigenvalue weighted by Crippen LogP contribution is 2.26. The number of hydrogen-bond donors (Lipinski definition) is 2. The third kappa shape index (κ3) is 6.93. The first-order chi connectivity index (χ1) is 14.9. The van der Waals surface area contributed by atoms with Gasteiger partial charge in [0.15, 0.2) is 5.13 Å². The van der Waals surface area contributed by atoms with Crippen molar-refractivity contribution in [2.24, 2.45) is 0 Å². The second kappa shape index (κ2) is 11.1. The number of rotatable bonds is 10. The predicted molar refractivity (Wildman–Crippen MR) is 125 cm³/mol. The molecule has 0 aliphatic heterocycles. The molecule has 0 saturated heterocycles. The maximum atomic E-state index is 12.2. The molecule has 0 unspecified atom stereocenters. The van der Waals surface area contributed by atoms with Crippen molar-refractivity contribution in [3.63, 3.8) is 0 Å². The van der Waals surface area contributed by atoms with E-state index in [9.17, 15) is 9.59 Å². The molecule has 31 heavy (non-hydrogen) atoms. The molecule has 3 aromatic rings. The van der Waals surface area contributed by atoms with E-state index in [1.165, 1.54) is 35.6 Å². The lowest BCUT2D eigenvalue weighted by Crippen LogP contribution is -2.21. The van der Waals surface area contributed by atoms with E-state index >= 15 is 0 Å². The largest absolute Gasteiger partial charge is 0.361 e. The number of carbonyl (C=O) groups is 2. The summed E-state index contributed by atoms with van der Waals surface area (Å²) in [7, 11) is 0. The molecule has 0 bridgehead atoms. The van der Waals surface area contributed by atoms with Crippen LogP contribution in [0.5, 0.6) is 0 Å². The van der Waals surface area contributed by atoms with Gasteiger partial charge in [-0.2, -0.15) is 0 Å². The van der Waals surface area contributed by atoms with Gasteiger partial charge in [0.2, 0.25) is 11.8 Å². The minimum Gasteiger partial charge on any atom is -0.361 e. The number of amides is 2. The summed E-state index contributed by atoms with van der Waals surface area (Å²) in [6.07, 6.45) is 1.81. The van der Waals surface area contributed by atoms with E-state index in [0.717, 1.165) is 41.1 Å². The summed E-state index contributed by atoms with van der Waals surface area (Å²) in [5.41, 5.74) is 4.98. The maximum absolute atomic E-state index is 12.2. The molecule has 0 atom stereocenters. The second-order valence-corrected chi connectivity index (χ2v) is 9.01. The quantitative estimate of drug-likeness (QED) is 0.438. The Hall–Kier alpha value is -2.65. The molecule has 9 heteroatoms. The van der Waals surface area contributed by atoms with Crippen molar-refractivity contribution >= 4 is 40.0 Å². The van der Waals surface area contributed by atoms with Gasteiger partial charge in [-0.1, -0.05) is 29.4 Å². The molecule has 2 amide bonds. The monoisotopic (exact) mass is 458 g/mol. The molecule has 0 saturated carbocycles. The molecule has 2 N–H and O–H groups in total. The smallest absolute Gasteiger partial charge is 0.236 e. The van der Waals surface area contributed by atoms with Gasteiger partial charge < -0.3 is 15.2 Å². The van der Waals surface area contributed by atoms with Gasteiger partial charge in [-0.15, -0.1) is 23.1 Å². The van der Waals surface area contributed by atoms with Crippen molar-refractivity contribution in [3.8, 4) is 11.3 Å². The van der Waals surface area contributed by atoms with Crippen molar-refractivity contribution in [1.82, 2.24) is 15.5 Å². The molecule has 0 fully saturated rings. The lowest BCUT2D eigenvalue weighted by Gasteiger charge is -2.04. The van der Waals surface area contributed by atoms with Crippen molar-refractivity contribution in [1.29, 1.82) is 0 Å². The van der Waals surface area contributed by atoms with Crippen LogP contribution in [0.3, 0.4) is 0 Å². The highest BCUT2D eigenvalue weighted by molar-refractivity contribution is 7.99. The zero-order valence-corrected chi connectivity index (χ0v) is 19.5. The summed E-state index contributed by atoms with van der Waals surface area (Å²) in [6, 6.07) is 8.22. The molecule has 0 aliphatic rings. The topological polar surface area (TPSA) is 97.1 Å². The fraction of sp³-hybridized carbons (Fsp3) is 0.364. The molecule has 164 valence electrons. The van der Waals surface area contributed by atoms with Crippen LogP contribution in [0.4, 0.5) is 5.13 Å². The van der Waals surface area contributed by atoms with E-state index in [-0.39, 0.29) is 11.8 Å². The summed E-state index contributed by atoms with van der Waals surface area (Å²) in [5, 5.41) is 12.1. The molecule has 0 radical (unpaired) electrons. The second-order valence-electron chi connectivity index (χ2n) is 7.17. The van der Waals surface area contributed by atoms with Crippen molar-refractivity contribution < 1.29 is 14.1 Å². The minimum absolute atomic E-state index is 0.000763.